The van der Waals surface area contributed by atoms with Crippen LogP contribution in [0.1, 0.15) is 6.92 Å². The summed E-state index contributed by atoms with van der Waals surface area (Å²) in [5.74, 6) is 0. The van der Waals surface area contributed by atoms with E-state index in [9.17, 15) is 0 Å². The van der Waals surface area contributed by atoms with Crippen molar-refractivity contribution in [2.75, 3.05) is 40.0 Å². The molecule has 4 heteroatoms. The molecule has 0 rings (SSSR count). The Hall–Kier alpha value is 0.0969. The minimum Gasteiger partial charge on any atom is -0.388 e. The molecule has 0 saturated carbocycles. The molecule has 0 unspecified atom stereocenters. The summed E-state index contributed by atoms with van der Waals surface area (Å²) in [4.78, 5) is 0. The van der Waals surface area contributed by atoms with Crippen LogP contribution in [-0.4, -0.2) is 48.1 Å². The summed E-state index contributed by atoms with van der Waals surface area (Å²) < 4.78 is 15.6. The lowest BCUT2D eigenvalue weighted by Crippen LogP contribution is -2.49. The molecule has 0 aliphatic heterocycles. The Balaban J connectivity index is 4.06. The van der Waals surface area contributed by atoms with Crippen molar-refractivity contribution >= 4 is 8.07 Å². The molecule has 0 amide bonds. The summed E-state index contributed by atoms with van der Waals surface area (Å²) in [7, 11) is 3.78. The molecule has 0 aromatic heterocycles. The Morgan fingerprint density at radius 1 is 0.833 bits per heavy atom. The van der Waals surface area contributed by atoms with Crippen molar-refractivity contribution in [3.05, 3.63) is 0 Å². The van der Waals surface area contributed by atoms with E-state index in [-0.39, 0.29) is 0 Å². The van der Waals surface area contributed by atoms with Crippen LogP contribution < -0.4 is 0 Å². The smallest absolute Gasteiger partial charge is 0.140 e. The molecule has 0 bridgehead atoms. The fraction of sp³-hybridized carbons (Fsp3) is 1.00. The van der Waals surface area contributed by atoms with E-state index in [1.54, 1.807) is 21.3 Å². The van der Waals surface area contributed by atoms with Gasteiger partial charge in [-0.3, -0.25) is 0 Å². The molecule has 0 aliphatic rings. The number of hydrogen-bond donors (Lipinski definition) is 0. The molecule has 0 spiro atoms. The average Bonchev–Trinajstić information content (AvgIpc) is 2.06. The summed E-state index contributed by atoms with van der Waals surface area (Å²) in [5.41, 5.74) is 0. The molecule has 0 aromatic carbocycles. The first-order chi connectivity index (χ1) is 5.74. The zero-order valence-electron chi connectivity index (χ0n) is 8.55. The number of hydrogen-bond acceptors (Lipinski definition) is 3. The summed E-state index contributed by atoms with van der Waals surface area (Å²) in [6.07, 6.45) is 2.47. The first-order valence-corrected chi connectivity index (χ1v) is 7.04. The lowest BCUT2D eigenvalue weighted by molar-refractivity contribution is 0.189. The van der Waals surface area contributed by atoms with Crippen molar-refractivity contribution in [2.45, 2.75) is 13.0 Å². The van der Waals surface area contributed by atoms with Crippen LogP contribution in [0.3, 0.4) is 0 Å². The molecule has 0 N–H and O–H groups in total. The standard InChI is InChI=1S/C8H20O3Si/c1-5-12(6-9-2,7-10-3)8-11-4/h5-8H2,1-4H3. The molecule has 74 valence electrons. The second kappa shape index (κ2) is 6.60. The first-order valence-electron chi connectivity index (χ1n) is 4.21. The van der Waals surface area contributed by atoms with Gasteiger partial charge in [0.25, 0.3) is 0 Å². The van der Waals surface area contributed by atoms with Crippen LogP contribution in [0.25, 0.3) is 0 Å². The fourth-order valence-corrected chi connectivity index (χ4v) is 4.05. The van der Waals surface area contributed by atoms with Gasteiger partial charge < -0.3 is 14.2 Å². The highest BCUT2D eigenvalue weighted by Gasteiger charge is 2.31. The first kappa shape index (κ1) is 12.1. The lowest BCUT2D eigenvalue weighted by atomic mass is 11.0. The largest absolute Gasteiger partial charge is 0.388 e. The van der Waals surface area contributed by atoms with Gasteiger partial charge in [0.1, 0.15) is 8.07 Å². The van der Waals surface area contributed by atoms with E-state index in [1.807, 2.05) is 0 Å². The van der Waals surface area contributed by atoms with Gasteiger partial charge in [-0.05, 0) is 0 Å². The summed E-state index contributed by atoms with van der Waals surface area (Å²) in [5, 5.41) is 0. The van der Waals surface area contributed by atoms with Crippen LogP contribution >= 0.6 is 0 Å². The van der Waals surface area contributed by atoms with Gasteiger partial charge in [0.15, 0.2) is 0 Å². The fourth-order valence-electron chi connectivity index (χ4n) is 1.35. The maximum atomic E-state index is 5.21. The van der Waals surface area contributed by atoms with Crippen LogP contribution in [0.4, 0.5) is 0 Å². The Kier molecular flexibility index (Phi) is 6.65. The van der Waals surface area contributed by atoms with E-state index < -0.39 is 8.07 Å². The second-order valence-corrected chi connectivity index (χ2v) is 7.73. The van der Waals surface area contributed by atoms with Crippen LogP contribution in [0, 0.1) is 0 Å². The third-order valence-electron chi connectivity index (χ3n) is 2.10. The van der Waals surface area contributed by atoms with E-state index in [2.05, 4.69) is 6.92 Å². The van der Waals surface area contributed by atoms with E-state index in [1.165, 1.54) is 0 Å². The van der Waals surface area contributed by atoms with Crippen LogP contribution in [0.2, 0.25) is 6.04 Å². The van der Waals surface area contributed by atoms with Gasteiger partial charge in [0.2, 0.25) is 0 Å². The SMILES string of the molecule is CC[Si](COC)(COC)COC. The minimum atomic E-state index is -1.44. The second-order valence-electron chi connectivity index (χ2n) is 3.15. The maximum Gasteiger partial charge on any atom is 0.140 e. The van der Waals surface area contributed by atoms with Crippen molar-refractivity contribution in [3.8, 4) is 0 Å². The van der Waals surface area contributed by atoms with Crippen molar-refractivity contribution in [1.82, 2.24) is 0 Å². The highest BCUT2D eigenvalue weighted by atomic mass is 28.3. The molecular weight excluding hydrogens is 172 g/mol. The van der Waals surface area contributed by atoms with Gasteiger partial charge in [-0.2, -0.15) is 0 Å². The van der Waals surface area contributed by atoms with Crippen LogP contribution in [-0.2, 0) is 14.2 Å². The van der Waals surface area contributed by atoms with Crippen molar-refractivity contribution in [1.29, 1.82) is 0 Å². The highest BCUT2D eigenvalue weighted by Crippen LogP contribution is 2.10. The van der Waals surface area contributed by atoms with E-state index >= 15 is 0 Å². The van der Waals surface area contributed by atoms with Crippen molar-refractivity contribution < 1.29 is 14.2 Å². The number of ether oxygens (including phenoxy) is 3. The topological polar surface area (TPSA) is 27.7 Å². The molecule has 0 heterocycles. The zero-order valence-corrected chi connectivity index (χ0v) is 9.55. The Bertz CT molecular complexity index is 91.5. The lowest BCUT2D eigenvalue weighted by Gasteiger charge is -2.27. The van der Waals surface area contributed by atoms with Gasteiger partial charge in [-0.1, -0.05) is 13.0 Å². The molecule has 0 fully saturated rings. The van der Waals surface area contributed by atoms with Crippen LogP contribution in [0.5, 0.6) is 0 Å². The maximum absolute atomic E-state index is 5.21. The van der Waals surface area contributed by atoms with Crippen molar-refractivity contribution in [3.63, 3.8) is 0 Å². The number of rotatable bonds is 7. The van der Waals surface area contributed by atoms with Gasteiger partial charge in [-0.15, -0.1) is 0 Å². The molecule has 0 saturated heterocycles. The molecule has 0 radical (unpaired) electrons. The minimum absolute atomic E-state index is 0.825. The van der Waals surface area contributed by atoms with Gasteiger partial charge in [-0.25, -0.2) is 0 Å². The number of methoxy groups -OCH3 is 3. The van der Waals surface area contributed by atoms with E-state index in [0.717, 1.165) is 24.7 Å². The Morgan fingerprint density at radius 3 is 1.33 bits per heavy atom. The molecule has 0 aromatic rings. The normalized spacial score (nSPS) is 12.0. The predicted molar refractivity (Wildman–Crippen MR) is 51.9 cm³/mol. The van der Waals surface area contributed by atoms with E-state index in [4.69, 9.17) is 14.2 Å². The average molecular weight is 192 g/mol. The highest BCUT2D eigenvalue weighted by molar-refractivity contribution is 6.79. The summed E-state index contributed by atoms with van der Waals surface area (Å²) >= 11 is 0. The van der Waals surface area contributed by atoms with Gasteiger partial charge >= 0.3 is 0 Å². The molecule has 12 heavy (non-hydrogen) atoms. The molecule has 0 atom stereocenters. The van der Waals surface area contributed by atoms with Crippen LogP contribution in [0.15, 0.2) is 0 Å². The molecular formula is C8H20O3Si. The molecule has 3 nitrogen and oxygen atoms in total. The monoisotopic (exact) mass is 192 g/mol. The van der Waals surface area contributed by atoms with Gasteiger partial charge in [0.05, 0.1) is 0 Å². The summed E-state index contributed by atoms with van der Waals surface area (Å²) in [6.45, 7) is 2.18. The Morgan fingerprint density at radius 2 is 1.17 bits per heavy atom. The third-order valence-corrected chi connectivity index (χ3v) is 6.30. The van der Waals surface area contributed by atoms with Gasteiger partial charge in [0, 0.05) is 40.0 Å². The van der Waals surface area contributed by atoms with Crippen molar-refractivity contribution in [2.24, 2.45) is 0 Å². The predicted octanol–water partition coefficient (Wildman–Crippen LogP) is 1.01. The Labute approximate surface area is 76.0 Å². The van der Waals surface area contributed by atoms with E-state index in [0.29, 0.717) is 0 Å². The summed E-state index contributed by atoms with van der Waals surface area (Å²) in [6, 6.07) is 1.14. The third kappa shape index (κ3) is 3.67. The molecule has 0 aliphatic carbocycles. The quantitative estimate of drug-likeness (QED) is 0.564. The zero-order chi connectivity index (χ0) is 9.45.